The SMILES string of the molecule is O=C(Nc1ccccc1F)N1CCN(CC2CCCO2)CC1. The van der Waals surface area contributed by atoms with E-state index >= 15 is 0 Å². The molecule has 120 valence electrons. The number of nitrogens with zero attached hydrogens (tertiary/aromatic N) is 2. The third kappa shape index (κ3) is 3.75. The van der Waals surface area contributed by atoms with Gasteiger partial charge in [0, 0.05) is 39.3 Å². The van der Waals surface area contributed by atoms with Crippen LogP contribution < -0.4 is 5.32 Å². The summed E-state index contributed by atoms with van der Waals surface area (Å²) in [4.78, 5) is 16.2. The number of carbonyl (C=O) groups excluding carboxylic acids is 1. The molecule has 0 spiro atoms. The first-order chi connectivity index (χ1) is 10.7. The standard InChI is InChI=1S/C16H22FN3O2/c17-14-5-1-2-6-15(14)18-16(21)20-9-7-19(8-10-20)12-13-4-3-11-22-13/h1-2,5-6,13H,3-4,7-12H2,(H,18,21). The Morgan fingerprint density at radius 1 is 1.27 bits per heavy atom. The highest BCUT2D eigenvalue weighted by atomic mass is 19.1. The molecule has 0 radical (unpaired) electrons. The number of halogens is 1. The number of benzene rings is 1. The van der Waals surface area contributed by atoms with Crippen LogP contribution in [0.15, 0.2) is 24.3 Å². The summed E-state index contributed by atoms with van der Waals surface area (Å²) >= 11 is 0. The van der Waals surface area contributed by atoms with Gasteiger partial charge in [0.25, 0.3) is 0 Å². The monoisotopic (exact) mass is 307 g/mol. The van der Waals surface area contributed by atoms with Crippen LogP contribution in [0.5, 0.6) is 0 Å². The highest BCUT2D eigenvalue weighted by molar-refractivity contribution is 5.89. The maximum Gasteiger partial charge on any atom is 0.322 e. The van der Waals surface area contributed by atoms with Gasteiger partial charge in [0.15, 0.2) is 0 Å². The van der Waals surface area contributed by atoms with Gasteiger partial charge in [-0.05, 0) is 25.0 Å². The van der Waals surface area contributed by atoms with Gasteiger partial charge in [-0.1, -0.05) is 12.1 Å². The lowest BCUT2D eigenvalue weighted by Gasteiger charge is -2.35. The first kappa shape index (κ1) is 15.2. The van der Waals surface area contributed by atoms with Crippen LogP contribution in [0.3, 0.4) is 0 Å². The molecular formula is C16H22FN3O2. The Kier molecular flexibility index (Phi) is 4.90. The van der Waals surface area contributed by atoms with Crippen LogP contribution in [0.1, 0.15) is 12.8 Å². The van der Waals surface area contributed by atoms with E-state index in [1.165, 1.54) is 6.07 Å². The molecule has 1 aromatic carbocycles. The minimum Gasteiger partial charge on any atom is -0.377 e. The van der Waals surface area contributed by atoms with Crippen LogP contribution in [0.4, 0.5) is 14.9 Å². The average molecular weight is 307 g/mol. The predicted molar refractivity (Wildman–Crippen MR) is 82.4 cm³/mol. The Labute approximate surface area is 130 Å². The summed E-state index contributed by atoms with van der Waals surface area (Å²) in [6.45, 7) is 4.81. The second kappa shape index (κ2) is 7.07. The largest absolute Gasteiger partial charge is 0.377 e. The highest BCUT2D eigenvalue weighted by Gasteiger charge is 2.25. The van der Waals surface area contributed by atoms with Crippen LogP contribution in [-0.4, -0.2) is 61.3 Å². The van der Waals surface area contributed by atoms with Crippen LogP contribution in [0.25, 0.3) is 0 Å². The lowest BCUT2D eigenvalue weighted by atomic mass is 10.2. The molecule has 2 aliphatic heterocycles. The van der Waals surface area contributed by atoms with Gasteiger partial charge in [0.2, 0.25) is 0 Å². The second-order valence-corrected chi connectivity index (χ2v) is 5.83. The molecule has 2 amide bonds. The number of para-hydroxylation sites is 1. The number of urea groups is 1. The van der Waals surface area contributed by atoms with E-state index in [1.54, 1.807) is 23.1 Å². The molecule has 0 aromatic heterocycles. The van der Waals surface area contributed by atoms with Crippen molar-refractivity contribution in [3.05, 3.63) is 30.1 Å². The third-order valence-electron chi connectivity index (χ3n) is 4.26. The number of amides is 2. The number of rotatable bonds is 3. The fourth-order valence-corrected chi connectivity index (χ4v) is 2.97. The molecule has 1 aromatic rings. The molecule has 1 atom stereocenters. The number of anilines is 1. The van der Waals surface area contributed by atoms with Crippen LogP contribution in [-0.2, 0) is 4.74 Å². The van der Waals surface area contributed by atoms with Crippen molar-refractivity contribution in [1.82, 2.24) is 9.80 Å². The molecule has 0 aliphatic carbocycles. The molecule has 3 rings (SSSR count). The van der Waals surface area contributed by atoms with Gasteiger partial charge in [-0.3, -0.25) is 4.90 Å². The molecule has 0 bridgehead atoms. The minimum atomic E-state index is -0.409. The molecular weight excluding hydrogens is 285 g/mol. The van der Waals surface area contributed by atoms with Crippen LogP contribution in [0, 0.1) is 5.82 Å². The first-order valence-electron chi connectivity index (χ1n) is 7.87. The summed E-state index contributed by atoms with van der Waals surface area (Å²) in [7, 11) is 0. The lowest BCUT2D eigenvalue weighted by molar-refractivity contribution is 0.0571. The number of hydrogen-bond donors (Lipinski definition) is 1. The topological polar surface area (TPSA) is 44.8 Å². The smallest absolute Gasteiger partial charge is 0.322 e. The van der Waals surface area contributed by atoms with Crippen molar-refractivity contribution in [3.8, 4) is 0 Å². The Balaban J connectivity index is 1.46. The molecule has 1 unspecified atom stereocenters. The lowest BCUT2D eigenvalue weighted by Crippen LogP contribution is -2.51. The van der Waals surface area contributed by atoms with Gasteiger partial charge < -0.3 is 15.0 Å². The van der Waals surface area contributed by atoms with Crippen molar-refractivity contribution in [2.45, 2.75) is 18.9 Å². The van der Waals surface area contributed by atoms with Crippen LogP contribution >= 0.6 is 0 Å². The van der Waals surface area contributed by atoms with Crippen molar-refractivity contribution >= 4 is 11.7 Å². The van der Waals surface area contributed by atoms with Crippen molar-refractivity contribution < 1.29 is 13.9 Å². The van der Waals surface area contributed by atoms with Gasteiger partial charge >= 0.3 is 6.03 Å². The summed E-state index contributed by atoms with van der Waals surface area (Å²) in [6, 6.07) is 5.99. The minimum absolute atomic E-state index is 0.231. The van der Waals surface area contributed by atoms with E-state index in [0.717, 1.165) is 39.1 Å². The summed E-state index contributed by atoms with van der Waals surface area (Å²) in [5.41, 5.74) is 0.231. The van der Waals surface area contributed by atoms with Crippen molar-refractivity contribution in [2.75, 3.05) is 44.6 Å². The average Bonchev–Trinajstić information content (AvgIpc) is 3.03. The van der Waals surface area contributed by atoms with E-state index in [4.69, 9.17) is 4.74 Å². The zero-order valence-electron chi connectivity index (χ0n) is 12.6. The summed E-state index contributed by atoms with van der Waals surface area (Å²) in [5.74, 6) is -0.409. The van der Waals surface area contributed by atoms with Gasteiger partial charge in [-0.25, -0.2) is 9.18 Å². The molecule has 2 heterocycles. The van der Waals surface area contributed by atoms with Crippen molar-refractivity contribution in [1.29, 1.82) is 0 Å². The molecule has 1 N–H and O–H groups in total. The Morgan fingerprint density at radius 2 is 2.05 bits per heavy atom. The predicted octanol–water partition coefficient (Wildman–Crippen LogP) is 2.15. The van der Waals surface area contributed by atoms with Gasteiger partial charge in [-0.15, -0.1) is 0 Å². The van der Waals surface area contributed by atoms with Crippen LogP contribution in [0.2, 0.25) is 0 Å². The van der Waals surface area contributed by atoms with Gasteiger partial charge in [0.05, 0.1) is 11.8 Å². The van der Waals surface area contributed by atoms with Gasteiger partial charge in [-0.2, -0.15) is 0 Å². The van der Waals surface area contributed by atoms with E-state index in [0.29, 0.717) is 19.2 Å². The molecule has 6 heteroatoms. The fourth-order valence-electron chi connectivity index (χ4n) is 2.97. The third-order valence-corrected chi connectivity index (χ3v) is 4.26. The quantitative estimate of drug-likeness (QED) is 0.930. The highest BCUT2D eigenvalue weighted by Crippen LogP contribution is 2.16. The fraction of sp³-hybridized carbons (Fsp3) is 0.562. The van der Waals surface area contributed by atoms with E-state index in [9.17, 15) is 9.18 Å². The van der Waals surface area contributed by atoms with Crippen molar-refractivity contribution in [3.63, 3.8) is 0 Å². The molecule has 2 fully saturated rings. The second-order valence-electron chi connectivity index (χ2n) is 5.83. The normalized spacial score (nSPS) is 22.8. The van der Waals surface area contributed by atoms with E-state index in [1.807, 2.05) is 0 Å². The Morgan fingerprint density at radius 3 is 2.73 bits per heavy atom. The number of carbonyl (C=O) groups is 1. The number of nitrogens with one attached hydrogen (secondary N) is 1. The van der Waals surface area contributed by atoms with E-state index in [2.05, 4.69) is 10.2 Å². The first-order valence-corrected chi connectivity index (χ1v) is 7.87. The van der Waals surface area contributed by atoms with Gasteiger partial charge in [0.1, 0.15) is 5.82 Å². The zero-order chi connectivity index (χ0) is 15.4. The molecule has 5 nitrogen and oxygen atoms in total. The van der Waals surface area contributed by atoms with E-state index in [-0.39, 0.29) is 11.7 Å². The molecule has 2 saturated heterocycles. The Hall–Kier alpha value is -1.66. The van der Waals surface area contributed by atoms with E-state index < -0.39 is 5.82 Å². The summed E-state index contributed by atoms with van der Waals surface area (Å²) in [5, 5.41) is 2.64. The maximum absolute atomic E-state index is 13.6. The molecule has 0 saturated carbocycles. The maximum atomic E-state index is 13.6. The number of piperazine rings is 1. The Bertz CT molecular complexity index is 512. The zero-order valence-corrected chi connectivity index (χ0v) is 12.6. The molecule has 2 aliphatic rings. The number of ether oxygens (including phenoxy) is 1. The summed E-state index contributed by atoms with van der Waals surface area (Å²) < 4.78 is 19.2. The molecule has 22 heavy (non-hydrogen) atoms. The van der Waals surface area contributed by atoms with Crippen molar-refractivity contribution in [2.24, 2.45) is 0 Å². The summed E-state index contributed by atoms with van der Waals surface area (Å²) in [6.07, 6.45) is 2.63. The number of hydrogen-bond acceptors (Lipinski definition) is 3.